The number of carbonyl (C=O) groups is 2. The van der Waals surface area contributed by atoms with Gasteiger partial charge in [-0.3, -0.25) is 9.59 Å². The Kier molecular flexibility index (Phi) is 8.51. The van der Waals surface area contributed by atoms with E-state index in [1.165, 1.54) is 0 Å². The van der Waals surface area contributed by atoms with Crippen LogP contribution in [-0.2, 0) is 16.1 Å². The molecule has 34 heavy (non-hydrogen) atoms. The summed E-state index contributed by atoms with van der Waals surface area (Å²) >= 11 is 6.06. The van der Waals surface area contributed by atoms with Gasteiger partial charge in [0, 0.05) is 29.4 Å². The van der Waals surface area contributed by atoms with E-state index >= 15 is 0 Å². The highest BCUT2D eigenvalue weighted by molar-refractivity contribution is 6.30. The third-order valence-corrected chi connectivity index (χ3v) is 5.97. The predicted octanol–water partition coefficient (Wildman–Crippen LogP) is 6.19. The van der Waals surface area contributed by atoms with Gasteiger partial charge < -0.3 is 10.2 Å². The van der Waals surface area contributed by atoms with Crippen molar-refractivity contribution in [1.82, 2.24) is 10.2 Å². The summed E-state index contributed by atoms with van der Waals surface area (Å²) in [5.74, 6) is -0.365. The molecule has 0 radical (unpaired) electrons. The maximum Gasteiger partial charge on any atom is 0.242 e. The smallest absolute Gasteiger partial charge is 0.242 e. The molecular formula is C29H33ClN2O2. The van der Waals surface area contributed by atoms with Crippen molar-refractivity contribution in [2.45, 2.75) is 58.2 Å². The Hall–Kier alpha value is -3.11. The summed E-state index contributed by atoms with van der Waals surface area (Å²) in [5, 5.41) is 3.64. The van der Waals surface area contributed by atoms with Crippen LogP contribution in [0.4, 0.5) is 0 Å². The highest BCUT2D eigenvalue weighted by atomic mass is 35.5. The van der Waals surface area contributed by atoms with Gasteiger partial charge >= 0.3 is 0 Å². The normalized spacial score (nSPS) is 12.3. The van der Waals surface area contributed by atoms with Crippen molar-refractivity contribution < 1.29 is 9.59 Å². The second kappa shape index (κ2) is 11.3. The molecule has 0 aliphatic rings. The molecule has 0 saturated carbocycles. The molecule has 4 nitrogen and oxygen atoms in total. The lowest BCUT2D eigenvalue weighted by Crippen LogP contribution is -2.52. The summed E-state index contributed by atoms with van der Waals surface area (Å²) in [7, 11) is 0. The van der Waals surface area contributed by atoms with Crippen LogP contribution in [0, 0.1) is 0 Å². The lowest BCUT2D eigenvalue weighted by atomic mass is 9.88. The topological polar surface area (TPSA) is 49.4 Å². The number of rotatable bonds is 8. The van der Waals surface area contributed by atoms with Crippen molar-refractivity contribution in [3.05, 3.63) is 107 Å². The lowest BCUT2D eigenvalue weighted by Gasteiger charge is -2.32. The van der Waals surface area contributed by atoms with Crippen LogP contribution in [0.3, 0.4) is 0 Å². The summed E-state index contributed by atoms with van der Waals surface area (Å²) in [6.45, 7) is 7.91. The number of nitrogens with zero attached hydrogens (tertiary/aromatic N) is 1. The van der Waals surface area contributed by atoms with E-state index in [1.54, 1.807) is 24.0 Å². The van der Waals surface area contributed by atoms with Crippen LogP contribution >= 0.6 is 11.6 Å². The van der Waals surface area contributed by atoms with Crippen LogP contribution in [0.15, 0.2) is 84.9 Å². The van der Waals surface area contributed by atoms with Gasteiger partial charge in [0.05, 0.1) is 0 Å². The third-order valence-electron chi connectivity index (χ3n) is 5.71. The lowest BCUT2D eigenvalue weighted by molar-refractivity contribution is -0.141. The average Bonchev–Trinajstić information content (AvgIpc) is 2.81. The molecule has 1 atom stereocenters. The molecule has 0 heterocycles. The minimum absolute atomic E-state index is 0.0794. The highest BCUT2D eigenvalue weighted by Crippen LogP contribution is 2.29. The average molecular weight is 477 g/mol. The Morgan fingerprint density at radius 1 is 0.853 bits per heavy atom. The first-order valence-electron chi connectivity index (χ1n) is 11.6. The van der Waals surface area contributed by atoms with Gasteiger partial charge in [0.25, 0.3) is 0 Å². The van der Waals surface area contributed by atoms with Crippen LogP contribution < -0.4 is 5.32 Å². The Morgan fingerprint density at radius 3 is 1.82 bits per heavy atom. The molecule has 0 fully saturated rings. The molecule has 0 bridgehead atoms. The molecule has 0 aliphatic heterocycles. The van der Waals surface area contributed by atoms with Crippen LogP contribution in [0.5, 0.6) is 0 Å². The molecule has 178 valence electrons. The molecule has 3 rings (SSSR count). The Morgan fingerprint density at radius 2 is 1.35 bits per heavy atom. The number of carbonyl (C=O) groups excluding carboxylic acids is 2. The molecule has 0 saturated heterocycles. The van der Waals surface area contributed by atoms with Crippen molar-refractivity contribution in [2.24, 2.45) is 0 Å². The van der Waals surface area contributed by atoms with E-state index in [4.69, 9.17) is 11.6 Å². The van der Waals surface area contributed by atoms with E-state index in [1.807, 2.05) is 93.6 Å². The number of hydrogen-bond donors (Lipinski definition) is 1. The van der Waals surface area contributed by atoms with Crippen LogP contribution in [0.2, 0.25) is 5.02 Å². The zero-order chi connectivity index (χ0) is 24.7. The first kappa shape index (κ1) is 25.5. The molecule has 3 aromatic carbocycles. The van der Waals surface area contributed by atoms with E-state index in [2.05, 4.69) is 5.32 Å². The zero-order valence-corrected chi connectivity index (χ0v) is 21.0. The van der Waals surface area contributed by atoms with E-state index in [9.17, 15) is 9.59 Å². The fourth-order valence-corrected chi connectivity index (χ4v) is 4.06. The molecular weight excluding hydrogens is 444 g/mol. The third kappa shape index (κ3) is 7.19. The molecule has 2 amide bonds. The van der Waals surface area contributed by atoms with Crippen LogP contribution in [0.25, 0.3) is 0 Å². The number of nitrogens with one attached hydrogen (secondary N) is 1. The second-order valence-electron chi connectivity index (χ2n) is 9.64. The molecule has 0 spiro atoms. The fraction of sp³-hybridized carbons (Fsp3) is 0.310. The zero-order valence-electron chi connectivity index (χ0n) is 20.3. The number of hydrogen-bond acceptors (Lipinski definition) is 2. The Bertz CT molecular complexity index is 1040. The van der Waals surface area contributed by atoms with Crippen molar-refractivity contribution in [2.75, 3.05) is 0 Å². The van der Waals surface area contributed by atoms with Gasteiger partial charge in [-0.15, -0.1) is 0 Å². The summed E-state index contributed by atoms with van der Waals surface area (Å²) < 4.78 is 0. The quantitative estimate of drug-likeness (QED) is 0.421. The number of halogens is 1. The molecule has 5 heteroatoms. The molecule has 0 aromatic heterocycles. The highest BCUT2D eigenvalue weighted by Gasteiger charge is 2.30. The van der Waals surface area contributed by atoms with Crippen LogP contribution in [0.1, 0.15) is 56.7 Å². The van der Waals surface area contributed by atoms with Crippen molar-refractivity contribution in [1.29, 1.82) is 0 Å². The predicted molar refractivity (Wildman–Crippen MR) is 139 cm³/mol. The van der Waals surface area contributed by atoms with E-state index in [-0.39, 0.29) is 24.2 Å². The summed E-state index contributed by atoms with van der Waals surface area (Å²) in [4.78, 5) is 28.5. The number of amides is 2. The first-order valence-corrected chi connectivity index (χ1v) is 12.0. The maximum atomic E-state index is 13.8. The Labute approximate surface area is 207 Å². The van der Waals surface area contributed by atoms with E-state index in [0.717, 1.165) is 16.7 Å². The van der Waals surface area contributed by atoms with Crippen molar-refractivity contribution >= 4 is 23.4 Å². The monoisotopic (exact) mass is 476 g/mol. The standard InChI is InChI=1S/C29H33ClN2O2/c1-21(28(34)31-29(2,3)4)32(20-22-15-17-25(30)18-16-22)27(33)19-26(23-11-7-5-8-12-23)24-13-9-6-10-14-24/h5-18,21,26H,19-20H2,1-4H3,(H,31,34)/t21-/m0/s1. The van der Waals surface area contributed by atoms with Gasteiger partial charge in [-0.1, -0.05) is 84.4 Å². The van der Waals surface area contributed by atoms with Gasteiger partial charge in [-0.2, -0.15) is 0 Å². The Balaban J connectivity index is 1.92. The van der Waals surface area contributed by atoms with Crippen molar-refractivity contribution in [3.8, 4) is 0 Å². The van der Waals surface area contributed by atoms with Gasteiger partial charge in [0.2, 0.25) is 11.8 Å². The summed E-state index contributed by atoms with van der Waals surface area (Å²) in [6, 6.07) is 26.8. The van der Waals surface area contributed by atoms with Gasteiger partial charge in [-0.25, -0.2) is 0 Å². The minimum Gasteiger partial charge on any atom is -0.350 e. The van der Waals surface area contributed by atoms with Crippen molar-refractivity contribution in [3.63, 3.8) is 0 Å². The molecule has 1 N–H and O–H groups in total. The summed E-state index contributed by atoms with van der Waals surface area (Å²) in [6.07, 6.45) is 0.259. The largest absolute Gasteiger partial charge is 0.350 e. The molecule has 0 aliphatic carbocycles. The van der Waals surface area contributed by atoms with E-state index in [0.29, 0.717) is 11.6 Å². The minimum atomic E-state index is -0.630. The number of benzene rings is 3. The molecule has 0 unspecified atom stereocenters. The van der Waals surface area contributed by atoms with Gasteiger partial charge in [-0.05, 0) is 56.5 Å². The first-order chi connectivity index (χ1) is 16.1. The fourth-order valence-electron chi connectivity index (χ4n) is 3.93. The SMILES string of the molecule is C[C@@H](C(=O)NC(C)(C)C)N(Cc1ccc(Cl)cc1)C(=O)CC(c1ccccc1)c1ccccc1. The second-order valence-corrected chi connectivity index (χ2v) is 10.1. The summed E-state index contributed by atoms with van der Waals surface area (Å²) in [5.41, 5.74) is 2.67. The van der Waals surface area contributed by atoms with Crippen LogP contribution in [-0.4, -0.2) is 28.3 Å². The van der Waals surface area contributed by atoms with Gasteiger partial charge in [0.1, 0.15) is 6.04 Å². The van der Waals surface area contributed by atoms with E-state index < -0.39 is 11.6 Å². The van der Waals surface area contributed by atoms with Gasteiger partial charge in [0.15, 0.2) is 0 Å². The maximum absolute atomic E-state index is 13.8. The molecule has 3 aromatic rings.